The summed E-state index contributed by atoms with van der Waals surface area (Å²) in [7, 11) is 1.36. The molecule has 0 aliphatic heterocycles. The topological polar surface area (TPSA) is 61.5 Å². The number of nitrogens with two attached hydrogens (primary N) is 1. The van der Waals surface area contributed by atoms with E-state index in [2.05, 4.69) is 4.74 Å². The van der Waals surface area contributed by atoms with Crippen molar-refractivity contribution in [2.75, 3.05) is 13.7 Å². The first-order valence-electron chi connectivity index (χ1n) is 6.19. The molecule has 4 nitrogen and oxygen atoms in total. The van der Waals surface area contributed by atoms with Crippen LogP contribution >= 0.6 is 0 Å². The molecular weight excluding hydrogens is 206 g/mol. The van der Waals surface area contributed by atoms with Gasteiger partial charge in [-0.2, -0.15) is 0 Å². The van der Waals surface area contributed by atoms with E-state index in [1.54, 1.807) is 0 Å². The third kappa shape index (κ3) is 4.94. The van der Waals surface area contributed by atoms with E-state index in [-0.39, 0.29) is 5.97 Å². The zero-order chi connectivity index (χ0) is 11.8. The Labute approximate surface area is 97.5 Å². The van der Waals surface area contributed by atoms with Gasteiger partial charge in [-0.1, -0.05) is 25.7 Å². The van der Waals surface area contributed by atoms with Crippen LogP contribution in [0, 0.1) is 0 Å². The molecule has 94 valence electrons. The van der Waals surface area contributed by atoms with Crippen molar-refractivity contribution in [3.05, 3.63) is 0 Å². The van der Waals surface area contributed by atoms with Crippen molar-refractivity contribution in [1.29, 1.82) is 0 Å². The van der Waals surface area contributed by atoms with E-state index in [1.165, 1.54) is 32.8 Å². The monoisotopic (exact) mass is 229 g/mol. The van der Waals surface area contributed by atoms with Gasteiger partial charge in [0.2, 0.25) is 0 Å². The summed E-state index contributed by atoms with van der Waals surface area (Å²) in [6.45, 7) is 0.556. The average molecular weight is 229 g/mol. The second kappa shape index (κ2) is 7.63. The third-order valence-electron chi connectivity index (χ3n) is 3.09. The maximum atomic E-state index is 11.0. The van der Waals surface area contributed by atoms with Gasteiger partial charge in [0.05, 0.1) is 13.2 Å². The largest absolute Gasteiger partial charge is 0.468 e. The van der Waals surface area contributed by atoms with E-state index in [4.69, 9.17) is 10.5 Å². The molecule has 1 saturated carbocycles. The predicted molar refractivity (Wildman–Crippen MR) is 62.1 cm³/mol. The van der Waals surface area contributed by atoms with Crippen molar-refractivity contribution in [2.45, 2.75) is 57.1 Å². The Bertz CT molecular complexity index is 200. The third-order valence-corrected chi connectivity index (χ3v) is 3.09. The van der Waals surface area contributed by atoms with Crippen molar-refractivity contribution in [2.24, 2.45) is 5.73 Å². The number of methoxy groups -OCH3 is 1. The molecule has 1 aliphatic carbocycles. The Kier molecular flexibility index (Phi) is 6.42. The van der Waals surface area contributed by atoms with E-state index in [0.29, 0.717) is 19.1 Å². The summed E-state index contributed by atoms with van der Waals surface area (Å²) < 4.78 is 10.3. The first-order valence-corrected chi connectivity index (χ1v) is 6.19. The fourth-order valence-electron chi connectivity index (χ4n) is 2.04. The molecule has 0 amide bonds. The Morgan fingerprint density at radius 1 is 1.31 bits per heavy atom. The minimum atomic E-state index is -0.546. The van der Waals surface area contributed by atoms with Crippen LogP contribution in [-0.2, 0) is 14.3 Å². The van der Waals surface area contributed by atoms with Crippen LogP contribution in [0.25, 0.3) is 0 Å². The molecule has 0 spiro atoms. The fraction of sp³-hybridized carbons (Fsp3) is 0.917. The number of carbonyl (C=O) groups is 1. The molecule has 16 heavy (non-hydrogen) atoms. The van der Waals surface area contributed by atoms with Gasteiger partial charge in [0.25, 0.3) is 0 Å². The van der Waals surface area contributed by atoms with Gasteiger partial charge < -0.3 is 15.2 Å². The van der Waals surface area contributed by atoms with E-state index in [0.717, 1.165) is 12.8 Å². The minimum Gasteiger partial charge on any atom is -0.468 e. The summed E-state index contributed by atoms with van der Waals surface area (Å²) >= 11 is 0. The Balaban J connectivity index is 2.11. The lowest BCUT2D eigenvalue weighted by molar-refractivity contribution is -0.142. The van der Waals surface area contributed by atoms with E-state index < -0.39 is 6.04 Å². The SMILES string of the molecule is COC(=O)C(N)CCOC1CCCCCC1. The molecule has 0 bridgehead atoms. The summed E-state index contributed by atoms with van der Waals surface area (Å²) in [5, 5.41) is 0. The number of hydrogen-bond donors (Lipinski definition) is 1. The van der Waals surface area contributed by atoms with Gasteiger partial charge >= 0.3 is 5.97 Å². The molecule has 0 aromatic rings. The Morgan fingerprint density at radius 3 is 2.50 bits per heavy atom. The van der Waals surface area contributed by atoms with Crippen molar-refractivity contribution < 1.29 is 14.3 Å². The molecule has 0 aromatic heterocycles. The predicted octanol–water partition coefficient (Wildman–Crippen LogP) is 1.62. The molecule has 1 rings (SSSR count). The summed E-state index contributed by atoms with van der Waals surface area (Å²) in [4.78, 5) is 11.0. The second-order valence-corrected chi connectivity index (χ2v) is 4.40. The highest BCUT2D eigenvalue weighted by Crippen LogP contribution is 2.19. The van der Waals surface area contributed by atoms with Gasteiger partial charge in [-0.25, -0.2) is 0 Å². The molecule has 1 aliphatic rings. The van der Waals surface area contributed by atoms with Crippen LogP contribution in [0.3, 0.4) is 0 Å². The van der Waals surface area contributed by atoms with E-state index in [9.17, 15) is 4.79 Å². The van der Waals surface area contributed by atoms with Crippen LogP contribution in [-0.4, -0.2) is 31.8 Å². The summed E-state index contributed by atoms with van der Waals surface area (Å²) in [5.41, 5.74) is 5.62. The molecule has 1 fully saturated rings. The zero-order valence-corrected chi connectivity index (χ0v) is 10.1. The fourth-order valence-corrected chi connectivity index (χ4v) is 2.04. The summed E-state index contributed by atoms with van der Waals surface area (Å²) in [6, 6.07) is -0.546. The van der Waals surface area contributed by atoms with E-state index in [1.807, 2.05) is 0 Å². The normalized spacial score (nSPS) is 20.1. The lowest BCUT2D eigenvalue weighted by Crippen LogP contribution is -2.33. The van der Waals surface area contributed by atoms with Crippen molar-refractivity contribution >= 4 is 5.97 Å². The maximum Gasteiger partial charge on any atom is 0.322 e. The van der Waals surface area contributed by atoms with E-state index >= 15 is 0 Å². The van der Waals surface area contributed by atoms with Crippen molar-refractivity contribution in [3.63, 3.8) is 0 Å². The molecule has 1 atom stereocenters. The molecule has 2 N–H and O–H groups in total. The summed E-state index contributed by atoms with van der Waals surface area (Å²) in [6.07, 6.45) is 8.36. The molecule has 4 heteroatoms. The number of carbonyl (C=O) groups excluding carboxylic acids is 1. The second-order valence-electron chi connectivity index (χ2n) is 4.40. The molecule has 0 aromatic carbocycles. The highest BCUT2D eigenvalue weighted by Gasteiger charge is 2.16. The van der Waals surface area contributed by atoms with Crippen LogP contribution in [0.4, 0.5) is 0 Å². The lowest BCUT2D eigenvalue weighted by Gasteiger charge is -2.16. The van der Waals surface area contributed by atoms with Crippen molar-refractivity contribution in [3.8, 4) is 0 Å². The first kappa shape index (κ1) is 13.5. The van der Waals surface area contributed by atoms with Crippen molar-refractivity contribution in [1.82, 2.24) is 0 Å². The molecular formula is C12H23NO3. The Morgan fingerprint density at radius 2 is 1.94 bits per heavy atom. The smallest absolute Gasteiger partial charge is 0.322 e. The van der Waals surface area contributed by atoms with Gasteiger partial charge in [0, 0.05) is 6.61 Å². The summed E-state index contributed by atoms with van der Waals surface area (Å²) in [5.74, 6) is -0.357. The quantitative estimate of drug-likeness (QED) is 0.575. The number of esters is 1. The van der Waals surface area contributed by atoms with Gasteiger partial charge in [-0.15, -0.1) is 0 Å². The first-order chi connectivity index (χ1) is 7.74. The number of rotatable bonds is 5. The zero-order valence-electron chi connectivity index (χ0n) is 10.1. The molecule has 0 radical (unpaired) electrons. The van der Waals surface area contributed by atoms with Crippen LogP contribution in [0.15, 0.2) is 0 Å². The van der Waals surface area contributed by atoms with Gasteiger partial charge in [0.15, 0.2) is 0 Å². The lowest BCUT2D eigenvalue weighted by atomic mass is 10.1. The van der Waals surface area contributed by atoms with Crippen LogP contribution < -0.4 is 5.73 Å². The molecule has 1 unspecified atom stereocenters. The number of hydrogen-bond acceptors (Lipinski definition) is 4. The molecule has 0 saturated heterocycles. The number of ether oxygens (including phenoxy) is 2. The van der Waals surface area contributed by atoms with Crippen LogP contribution in [0.2, 0.25) is 0 Å². The Hall–Kier alpha value is -0.610. The van der Waals surface area contributed by atoms with Gasteiger partial charge in [0.1, 0.15) is 6.04 Å². The molecule has 0 heterocycles. The maximum absolute atomic E-state index is 11.0. The highest BCUT2D eigenvalue weighted by molar-refractivity contribution is 5.75. The van der Waals surface area contributed by atoms with Gasteiger partial charge in [-0.05, 0) is 19.3 Å². The standard InChI is InChI=1S/C12H23NO3/c1-15-12(14)11(13)8-9-16-10-6-4-2-3-5-7-10/h10-11H,2-9,13H2,1H3. The van der Waals surface area contributed by atoms with Crippen LogP contribution in [0.1, 0.15) is 44.9 Å². The van der Waals surface area contributed by atoms with Crippen LogP contribution in [0.5, 0.6) is 0 Å². The van der Waals surface area contributed by atoms with Gasteiger partial charge in [-0.3, -0.25) is 4.79 Å². The average Bonchev–Trinajstić information content (AvgIpc) is 2.56. The highest BCUT2D eigenvalue weighted by atomic mass is 16.5. The minimum absolute atomic E-state index is 0.357.